The first-order valence-corrected chi connectivity index (χ1v) is 15.1. The number of hydrogen-bond donors (Lipinski definition) is 8. The Morgan fingerprint density at radius 1 is 1.00 bits per heavy atom. The summed E-state index contributed by atoms with van der Waals surface area (Å²) in [5.41, 5.74) is -0.306. The van der Waals surface area contributed by atoms with Crippen LogP contribution in [0.5, 0.6) is 17.2 Å². The number of carboxylic acids is 2. The van der Waals surface area contributed by atoms with E-state index in [4.69, 9.17) is 24.8 Å². The second-order valence-corrected chi connectivity index (χ2v) is 11.7. The number of Topliss-reactive ketones (excluding diaryl/α,β-unsaturated/α-hetero) is 1. The molecule has 49 heavy (non-hydrogen) atoms. The van der Waals surface area contributed by atoms with E-state index in [0.29, 0.717) is 18.1 Å². The summed E-state index contributed by atoms with van der Waals surface area (Å²) in [4.78, 5) is 71.1. The Bertz CT molecular complexity index is 1750. The average Bonchev–Trinajstić information content (AvgIpc) is 3.07. The summed E-state index contributed by atoms with van der Waals surface area (Å²) in [5.74, 6) is -6.40. The summed E-state index contributed by atoms with van der Waals surface area (Å²) >= 11 is 0. The highest BCUT2D eigenvalue weighted by molar-refractivity contribution is 6.31. The quantitative estimate of drug-likeness (QED) is 0.111. The van der Waals surface area contributed by atoms with E-state index in [9.17, 15) is 49.2 Å². The molecule has 5 atom stereocenters. The zero-order valence-electron chi connectivity index (χ0n) is 26.3. The van der Waals surface area contributed by atoms with Crippen molar-refractivity contribution in [3.63, 3.8) is 0 Å². The molecule has 2 aliphatic carbocycles. The molecule has 3 aliphatic rings. The molecule has 4 unspecified atom stereocenters. The molecule has 0 spiro atoms. The van der Waals surface area contributed by atoms with E-state index < -0.39 is 78.3 Å². The van der Waals surface area contributed by atoms with Crippen molar-refractivity contribution in [1.29, 1.82) is 0 Å². The van der Waals surface area contributed by atoms with E-state index in [0.717, 1.165) is 0 Å². The van der Waals surface area contributed by atoms with Gasteiger partial charge in [-0.25, -0.2) is 4.79 Å². The van der Waals surface area contributed by atoms with Crippen LogP contribution in [-0.4, -0.2) is 116 Å². The predicted molar refractivity (Wildman–Crippen MR) is 165 cm³/mol. The summed E-state index contributed by atoms with van der Waals surface area (Å²) in [5, 5.41) is 69.8. The summed E-state index contributed by atoms with van der Waals surface area (Å²) < 4.78 is 10.3. The predicted octanol–water partition coefficient (Wildman–Crippen LogP) is -0.354. The maximum atomic E-state index is 13.1. The first-order chi connectivity index (χ1) is 23.1. The van der Waals surface area contributed by atoms with E-state index in [2.05, 4.69) is 5.32 Å². The Kier molecular flexibility index (Phi) is 11.2. The number of ether oxygens (including phenoxy) is 2. The van der Waals surface area contributed by atoms with Crippen LogP contribution >= 0.6 is 0 Å². The topological polar surface area (TPSA) is 275 Å². The molecular weight excluding hydrogens is 650 g/mol. The molecule has 262 valence electrons. The molecule has 0 radical (unpaired) electrons. The van der Waals surface area contributed by atoms with Crippen LogP contribution in [0.15, 0.2) is 29.8 Å². The molecule has 8 N–H and O–H groups in total. The van der Waals surface area contributed by atoms with Gasteiger partial charge in [-0.1, -0.05) is 12.1 Å². The first-order valence-electron chi connectivity index (χ1n) is 15.1. The van der Waals surface area contributed by atoms with E-state index in [1.807, 2.05) is 0 Å². The van der Waals surface area contributed by atoms with Crippen LogP contribution in [0.2, 0.25) is 0 Å². The lowest BCUT2D eigenvalue weighted by Gasteiger charge is -2.36. The normalized spacial score (nSPS) is 22.8. The lowest BCUT2D eigenvalue weighted by Crippen LogP contribution is -2.59. The number of fused-ring (bicyclic) bond motifs is 3. The van der Waals surface area contributed by atoms with Crippen molar-refractivity contribution >= 4 is 35.2 Å². The summed E-state index contributed by atoms with van der Waals surface area (Å²) in [6.45, 7) is 0.856. The highest BCUT2D eigenvalue weighted by atomic mass is 16.5. The molecule has 16 heteroatoms. The van der Waals surface area contributed by atoms with Crippen molar-refractivity contribution in [3.8, 4) is 17.2 Å². The molecular formula is C33H35NO15. The molecule has 1 amide bonds. The number of rotatable bonds is 8. The Hall–Kier alpha value is -5.16. The van der Waals surface area contributed by atoms with Crippen molar-refractivity contribution in [2.24, 2.45) is 5.92 Å². The van der Waals surface area contributed by atoms with Crippen LogP contribution < -0.4 is 10.1 Å². The smallest absolute Gasteiger partial charge is 0.332 e. The van der Waals surface area contributed by atoms with Crippen LogP contribution in [0.3, 0.4) is 0 Å². The highest BCUT2D eigenvalue weighted by Gasteiger charge is 2.41. The Labute approximate surface area is 278 Å². The molecule has 1 saturated heterocycles. The third kappa shape index (κ3) is 7.31. The van der Waals surface area contributed by atoms with Gasteiger partial charge in [-0.05, 0) is 32.3 Å². The van der Waals surface area contributed by atoms with Gasteiger partial charge in [0.25, 0.3) is 0 Å². The molecule has 1 fully saturated rings. The number of aliphatic carboxylic acids is 2. The number of carbonyl (C=O) groups excluding carboxylic acids is 4. The van der Waals surface area contributed by atoms with Crippen molar-refractivity contribution in [2.75, 3.05) is 20.3 Å². The van der Waals surface area contributed by atoms with Gasteiger partial charge in [0, 0.05) is 28.7 Å². The maximum absolute atomic E-state index is 13.1. The number of phenols is 2. The highest BCUT2D eigenvalue weighted by Crippen LogP contribution is 2.47. The number of carbonyl (C=O) groups is 6. The largest absolute Gasteiger partial charge is 0.507 e. The Balaban J connectivity index is 0.000000232. The molecule has 2 aromatic carbocycles. The molecule has 5 rings (SSSR count). The van der Waals surface area contributed by atoms with Crippen molar-refractivity contribution in [2.45, 2.75) is 57.0 Å². The number of aromatic hydroxyl groups is 2. The Morgan fingerprint density at radius 2 is 1.65 bits per heavy atom. The van der Waals surface area contributed by atoms with E-state index in [1.165, 1.54) is 13.2 Å². The number of benzene rings is 2. The van der Waals surface area contributed by atoms with Crippen LogP contribution in [0.25, 0.3) is 0 Å². The second-order valence-electron chi connectivity index (χ2n) is 11.7. The monoisotopic (exact) mass is 685 g/mol. The second kappa shape index (κ2) is 14.9. The molecule has 16 nitrogen and oxygen atoms in total. The van der Waals surface area contributed by atoms with E-state index >= 15 is 0 Å². The third-order valence-electron chi connectivity index (χ3n) is 8.66. The van der Waals surface area contributed by atoms with Crippen LogP contribution in [0, 0.1) is 5.92 Å². The number of hydrogen-bond acceptors (Lipinski definition) is 13. The SMILES string of the molecule is CC1OCC(O)C(NC(=O)/C=C(/CC(=O)O)C(=O)O)C1O.COc1cccc2c1C(=O)c1c(O)c3c(c(O)c1C2=O)C[C@@H](C(=O)CO)CC3. The standard InChI is InChI=1S/C21H18O7.C12H17NO8/c1-28-14-4-2-3-11-15(14)21(27)17-16(19(11)25)20(26)12-7-9(13(23)8-22)5-6-10(12)18(17)24;1-5-11(18)10(7(14)4-21-5)13-8(15)2-6(12(19)20)3-9(16)17/h2-4,9,22,24,26H,5-8H2,1H3;2,5,7,10-11,14,18H,3-4H2,1H3,(H,13,15)(H,16,17)(H,19,20)/b;6-2-/t9-;/m0./s1. The van der Waals surface area contributed by atoms with Gasteiger partial charge in [-0.2, -0.15) is 0 Å². The molecule has 1 heterocycles. The zero-order valence-corrected chi connectivity index (χ0v) is 26.3. The fourth-order valence-electron chi connectivity index (χ4n) is 6.08. The summed E-state index contributed by atoms with van der Waals surface area (Å²) in [6.07, 6.45) is -2.42. The molecule has 2 aromatic rings. The van der Waals surface area contributed by atoms with E-state index in [1.54, 1.807) is 19.1 Å². The zero-order chi connectivity index (χ0) is 36.3. The number of aliphatic hydroxyl groups excluding tert-OH is 3. The third-order valence-corrected chi connectivity index (χ3v) is 8.66. The molecule has 0 aromatic heterocycles. The fourth-order valence-corrected chi connectivity index (χ4v) is 6.08. The van der Waals surface area contributed by atoms with Gasteiger partial charge < -0.3 is 50.5 Å². The maximum Gasteiger partial charge on any atom is 0.332 e. The van der Waals surface area contributed by atoms with Crippen LogP contribution in [0.1, 0.15) is 62.7 Å². The number of carboxylic acid groups (broad SMARTS) is 2. The number of ketones is 3. The van der Waals surface area contributed by atoms with Gasteiger partial charge in [-0.3, -0.25) is 24.0 Å². The first kappa shape index (κ1) is 36.7. The molecule has 1 aliphatic heterocycles. The van der Waals surface area contributed by atoms with Gasteiger partial charge >= 0.3 is 11.9 Å². The molecule has 0 saturated carbocycles. The van der Waals surface area contributed by atoms with Gasteiger partial charge in [-0.15, -0.1) is 0 Å². The lowest BCUT2D eigenvalue weighted by atomic mass is 9.75. The minimum absolute atomic E-state index is 0.0568. The van der Waals surface area contributed by atoms with Gasteiger partial charge in [0.05, 0.1) is 54.5 Å². The lowest BCUT2D eigenvalue weighted by molar-refractivity contribution is -0.143. The number of amides is 1. The van der Waals surface area contributed by atoms with Crippen molar-refractivity contribution < 1.29 is 74.0 Å². The van der Waals surface area contributed by atoms with E-state index in [-0.39, 0.29) is 70.3 Å². The van der Waals surface area contributed by atoms with Gasteiger partial charge in [0.1, 0.15) is 36.1 Å². The molecule has 0 bridgehead atoms. The van der Waals surface area contributed by atoms with Crippen molar-refractivity contribution in [3.05, 3.63) is 63.2 Å². The average molecular weight is 686 g/mol. The number of nitrogens with one attached hydrogen (secondary N) is 1. The number of methoxy groups -OCH3 is 1. The summed E-state index contributed by atoms with van der Waals surface area (Å²) in [7, 11) is 1.38. The van der Waals surface area contributed by atoms with Crippen molar-refractivity contribution in [1.82, 2.24) is 5.32 Å². The summed E-state index contributed by atoms with van der Waals surface area (Å²) in [6, 6.07) is 3.56. The number of phenolic OH excluding ortho intramolecular Hbond substituents is 2. The van der Waals surface area contributed by atoms with Crippen LogP contribution in [-0.2, 0) is 36.8 Å². The Morgan fingerprint density at radius 3 is 2.27 bits per heavy atom. The van der Waals surface area contributed by atoms with Crippen LogP contribution in [0.4, 0.5) is 0 Å². The minimum atomic E-state index is -1.53. The minimum Gasteiger partial charge on any atom is -0.507 e. The van der Waals surface area contributed by atoms with Gasteiger partial charge in [0.2, 0.25) is 11.7 Å². The number of aliphatic hydroxyl groups is 3. The van der Waals surface area contributed by atoms with Gasteiger partial charge in [0.15, 0.2) is 11.6 Å². The fraction of sp³-hybridized carbons (Fsp3) is 0.394.